The molecule has 10 heteroatoms. The van der Waals surface area contributed by atoms with Crippen LogP contribution in [0.5, 0.6) is 0 Å². The Kier molecular flexibility index (Phi) is 6.86. The van der Waals surface area contributed by atoms with Crippen LogP contribution in [0.3, 0.4) is 0 Å². The van der Waals surface area contributed by atoms with E-state index in [9.17, 15) is 4.79 Å². The highest BCUT2D eigenvalue weighted by atomic mass is 32.2. The highest BCUT2D eigenvalue weighted by Crippen LogP contribution is 2.35. The van der Waals surface area contributed by atoms with Crippen molar-refractivity contribution in [3.63, 3.8) is 0 Å². The largest absolute Gasteiger partial charge is 0.378 e. The van der Waals surface area contributed by atoms with Crippen molar-refractivity contribution in [2.45, 2.75) is 43.2 Å². The molecule has 2 heterocycles. The molecule has 1 aromatic carbocycles. The number of carbonyl (C=O) groups excluding carboxylic acids is 1. The van der Waals surface area contributed by atoms with Gasteiger partial charge in [0.2, 0.25) is 11.0 Å². The second-order valence-corrected chi connectivity index (χ2v) is 9.88. The monoisotopic (exact) mass is 457 g/mol. The van der Waals surface area contributed by atoms with Gasteiger partial charge >= 0.3 is 0 Å². The van der Waals surface area contributed by atoms with Gasteiger partial charge < -0.3 is 9.47 Å². The minimum absolute atomic E-state index is 0.115. The molecular formula is C21H27N7OS2. The van der Waals surface area contributed by atoms with Gasteiger partial charge in [-0.1, -0.05) is 42.4 Å². The average molecular weight is 458 g/mol. The Bertz CT molecular complexity index is 1020. The van der Waals surface area contributed by atoms with Crippen LogP contribution in [0, 0.1) is 0 Å². The fourth-order valence-corrected chi connectivity index (χ4v) is 5.33. The average Bonchev–Trinajstić information content (AvgIpc) is 3.39. The number of hydrogen-bond acceptors (Lipinski definition) is 8. The van der Waals surface area contributed by atoms with E-state index in [4.69, 9.17) is 0 Å². The van der Waals surface area contributed by atoms with Crippen LogP contribution in [0.15, 0.2) is 29.4 Å². The summed E-state index contributed by atoms with van der Waals surface area (Å²) in [4.78, 5) is 14.5. The zero-order chi connectivity index (χ0) is 21.8. The fraction of sp³-hybridized carbons (Fsp3) is 0.476. The number of carbonyl (C=O) groups is 1. The van der Waals surface area contributed by atoms with E-state index < -0.39 is 0 Å². The van der Waals surface area contributed by atoms with Crippen LogP contribution in [0.1, 0.15) is 43.0 Å². The quantitative estimate of drug-likeness (QED) is 0.533. The van der Waals surface area contributed by atoms with Gasteiger partial charge in [0.25, 0.3) is 0 Å². The van der Waals surface area contributed by atoms with Crippen LogP contribution < -0.4 is 10.2 Å². The van der Waals surface area contributed by atoms with Gasteiger partial charge in [-0.3, -0.25) is 10.1 Å². The maximum atomic E-state index is 12.4. The highest BCUT2D eigenvalue weighted by Gasteiger charge is 2.20. The van der Waals surface area contributed by atoms with Crippen molar-refractivity contribution < 1.29 is 4.79 Å². The van der Waals surface area contributed by atoms with Gasteiger partial charge in [0, 0.05) is 38.3 Å². The number of rotatable bonds is 7. The number of anilines is 2. The second kappa shape index (κ2) is 9.78. The Morgan fingerprint density at radius 3 is 2.58 bits per heavy atom. The van der Waals surface area contributed by atoms with E-state index in [1.54, 1.807) is 0 Å². The molecule has 0 unspecified atom stereocenters. The van der Waals surface area contributed by atoms with Crippen molar-refractivity contribution in [2.75, 3.05) is 30.1 Å². The molecule has 4 rings (SSSR count). The van der Waals surface area contributed by atoms with Crippen molar-refractivity contribution in [3.8, 4) is 11.4 Å². The molecule has 0 spiro atoms. The molecule has 2 aromatic heterocycles. The molecule has 0 bridgehead atoms. The van der Waals surface area contributed by atoms with Gasteiger partial charge in [-0.2, -0.15) is 0 Å². The number of amides is 1. The third-order valence-electron chi connectivity index (χ3n) is 5.45. The summed E-state index contributed by atoms with van der Waals surface area (Å²) in [6.45, 7) is 0. The van der Waals surface area contributed by atoms with Gasteiger partial charge in [-0.25, -0.2) is 0 Å². The summed E-state index contributed by atoms with van der Waals surface area (Å²) >= 11 is 2.86. The molecule has 0 saturated heterocycles. The van der Waals surface area contributed by atoms with Gasteiger partial charge in [-0.05, 0) is 37.1 Å². The van der Waals surface area contributed by atoms with Crippen LogP contribution in [0.2, 0.25) is 0 Å². The molecule has 31 heavy (non-hydrogen) atoms. The molecule has 8 nitrogen and oxygen atoms in total. The summed E-state index contributed by atoms with van der Waals surface area (Å²) < 4.78 is 1.91. The SMILES string of the molecule is CN(C)c1ccc(-c2nnc(SCC(=O)Nc3nnc(C4CCCCC4)s3)n2C)cc1. The normalized spacial score (nSPS) is 14.5. The maximum absolute atomic E-state index is 12.4. The summed E-state index contributed by atoms with van der Waals surface area (Å²) in [7, 11) is 5.93. The number of nitrogens with one attached hydrogen (secondary N) is 1. The lowest BCUT2D eigenvalue weighted by Crippen LogP contribution is -2.14. The zero-order valence-electron chi connectivity index (χ0n) is 18.0. The Hall–Kier alpha value is -2.46. The summed E-state index contributed by atoms with van der Waals surface area (Å²) in [5, 5.41) is 22.2. The molecule has 3 aromatic rings. The Labute approximate surface area is 190 Å². The molecule has 1 fully saturated rings. The first-order chi connectivity index (χ1) is 15.0. The first-order valence-electron chi connectivity index (χ1n) is 10.4. The smallest absolute Gasteiger partial charge is 0.236 e. The summed E-state index contributed by atoms with van der Waals surface area (Å²) in [5.41, 5.74) is 2.11. The first kappa shape index (κ1) is 21.8. The van der Waals surface area contributed by atoms with Crippen LogP contribution in [-0.4, -0.2) is 50.7 Å². The van der Waals surface area contributed by atoms with Crippen molar-refractivity contribution in [3.05, 3.63) is 29.3 Å². The van der Waals surface area contributed by atoms with Crippen molar-refractivity contribution in [1.29, 1.82) is 0 Å². The van der Waals surface area contributed by atoms with E-state index in [1.165, 1.54) is 55.2 Å². The molecule has 164 valence electrons. The Morgan fingerprint density at radius 2 is 1.87 bits per heavy atom. The van der Waals surface area contributed by atoms with Crippen molar-refractivity contribution >= 4 is 39.8 Å². The molecule has 1 N–H and O–H groups in total. The third kappa shape index (κ3) is 5.24. The van der Waals surface area contributed by atoms with Crippen LogP contribution in [0.4, 0.5) is 10.8 Å². The van der Waals surface area contributed by atoms with Crippen LogP contribution >= 0.6 is 23.1 Å². The van der Waals surface area contributed by atoms with Gasteiger partial charge in [0.05, 0.1) is 5.75 Å². The predicted molar refractivity (Wildman–Crippen MR) is 126 cm³/mol. The summed E-state index contributed by atoms with van der Waals surface area (Å²) in [5.74, 6) is 1.39. The van der Waals surface area contributed by atoms with E-state index in [2.05, 4.69) is 30.6 Å². The molecule has 1 amide bonds. The lowest BCUT2D eigenvalue weighted by Gasteiger charge is -2.18. The minimum atomic E-state index is -0.115. The van der Waals surface area contributed by atoms with Crippen molar-refractivity contribution in [1.82, 2.24) is 25.0 Å². The summed E-state index contributed by atoms with van der Waals surface area (Å²) in [6.07, 6.45) is 6.15. The maximum Gasteiger partial charge on any atom is 0.236 e. The van der Waals surface area contributed by atoms with E-state index in [0.29, 0.717) is 16.2 Å². The van der Waals surface area contributed by atoms with Crippen molar-refractivity contribution in [2.24, 2.45) is 7.05 Å². The predicted octanol–water partition coefficient (Wildman–Crippen LogP) is 4.18. The molecule has 0 atom stereocenters. The molecule has 1 aliphatic carbocycles. The lowest BCUT2D eigenvalue weighted by atomic mass is 9.90. The topological polar surface area (TPSA) is 88.8 Å². The van der Waals surface area contributed by atoms with Gasteiger partial charge in [0.15, 0.2) is 11.0 Å². The zero-order valence-corrected chi connectivity index (χ0v) is 19.7. The van der Waals surface area contributed by atoms with Crippen LogP contribution in [-0.2, 0) is 11.8 Å². The van der Waals surface area contributed by atoms with E-state index in [0.717, 1.165) is 22.1 Å². The Balaban J connectivity index is 1.33. The van der Waals surface area contributed by atoms with E-state index >= 15 is 0 Å². The second-order valence-electron chi connectivity index (χ2n) is 7.92. The number of aromatic nitrogens is 5. The molecule has 0 aliphatic heterocycles. The number of thioether (sulfide) groups is 1. The molecule has 0 radical (unpaired) electrons. The minimum Gasteiger partial charge on any atom is -0.378 e. The Morgan fingerprint density at radius 1 is 1.13 bits per heavy atom. The van der Waals surface area contributed by atoms with Gasteiger partial charge in [0.1, 0.15) is 5.01 Å². The molecule has 1 saturated carbocycles. The van der Waals surface area contributed by atoms with Crippen LogP contribution in [0.25, 0.3) is 11.4 Å². The number of nitrogens with zero attached hydrogens (tertiary/aromatic N) is 6. The van der Waals surface area contributed by atoms with E-state index in [-0.39, 0.29) is 11.7 Å². The standard InChI is InChI=1S/C21H27N7OS2/c1-27(2)16-11-9-14(10-12-16)18-23-26-21(28(18)3)30-13-17(29)22-20-25-24-19(31-20)15-7-5-4-6-8-15/h9-12,15H,4-8,13H2,1-3H3,(H,22,25,29). The third-order valence-corrected chi connectivity index (χ3v) is 7.47. The van der Waals surface area contributed by atoms with E-state index in [1.807, 2.05) is 50.0 Å². The lowest BCUT2D eigenvalue weighted by molar-refractivity contribution is -0.113. The first-order valence-corrected chi connectivity index (χ1v) is 12.2. The number of hydrogen-bond donors (Lipinski definition) is 1. The van der Waals surface area contributed by atoms with Gasteiger partial charge in [-0.15, -0.1) is 20.4 Å². The molecular weight excluding hydrogens is 430 g/mol. The summed E-state index contributed by atoms with van der Waals surface area (Å²) in [6, 6.07) is 8.15. The number of benzene rings is 1. The molecule has 1 aliphatic rings. The fourth-order valence-electron chi connectivity index (χ4n) is 3.69. The highest BCUT2D eigenvalue weighted by molar-refractivity contribution is 7.99.